The van der Waals surface area contributed by atoms with Crippen LogP contribution in [0.25, 0.3) is 0 Å². The minimum atomic E-state index is -1.66. The second-order valence-corrected chi connectivity index (χ2v) is 4.61. The van der Waals surface area contributed by atoms with Crippen LogP contribution in [0.1, 0.15) is 0 Å². The quantitative estimate of drug-likeness (QED) is 0.423. The fraction of sp³-hybridized carbons (Fsp3) is 0.462. The molecule has 1 aliphatic rings. The van der Waals surface area contributed by atoms with Crippen LogP contribution in [0.2, 0.25) is 0 Å². The Morgan fingerprint density at radius 3 is 2.52 bits per heavy atom. The van der Waals surface area contributed by atoms with Crippen LogP contribution in [0.3, 0.4) is 0 Å². The summed E-state index contributed by atoms with van der Waals surface area (Å²) in [4.78, 5) is 11.8. The maximum atomic E-state index is 11.8. The van der Waals surface area contributed by atoms with Crippen LogP contribution in [0, 0.1) is 0 Å². The topological polar surface area (TPSA) is 120 Å². The van der Waals surface area contributed by atoms with Crippen molar-refractivity contribution in [2.45, 2.75) is 30.7 Å². The molecule has 8 nitrogen and oxygen atoms in total. The fourth-order valence-corrected chi connectivity index (χ4v) is 2.01. The van der Waals surface area contributed by atoms with Crippen molar-refractivity contribution in [3.63, 3.8) is 0 Å². The molecule has 2 rings (SSSR count). The van der Waals surface area contributed by atoms with E-state index in [9.17, 15) is 20.1 Å². The molecule has 1 amide bonds. The van der Waals surface area contributed by atoms with Crippen LogP contribution in [0.15, 0.2) is 30.3 Å². The molecule has 21 heavy (non-hydrogen) atoms. The zero-order valence-electron chi connectivity index (χ0n) is 11.3. The number of carbonyl (C=O) groups excluding carboxylic acids is 1. The molecule has 1 aliphatic heterocycles. The molecule has 8 heteroatoms. The largest absolute Gasteiger partial charge is 0.387 e. The Morgan fingerprint density at radius 1 is 1.29 bits per heavy atom. The lowest BCUT2D eigenvalue weighted by atomic mass is 10.1. The summed E-state index contributed by atoms with van der Waals surface area (Å²) in [7, 11) is 1.28. The molecule has 0 bridgehead atoms. The summed E-state index contributed by atoms with van der Waals surface area (Å²) >= 11 is 0. The van der Waals surface area contributed by atoms with Crippen molar-refractivity contribution in [2.75, 3.05) is 12.5 Å². The summed E-state index contributed by atoms with van der Waals surface area (Å²) in [6, 6.07) is 8.80. The Kier molecular flexibility index (Phi) is 5.10. The van der Waals surface area contributed by atoms with Gasteiger partial charge in [0.05, 0.1) is 5.69 Å². The number of amides is 1. The Balaban J connectivity index is 1.90. The van der Waals surface area contributed by atoms with E-state index in [1.807, 2.05) is 6.07 Å². The molecule has 5 atom stereocenters. The average molecular weight is 298 g/mol. The number of nitrogens with one attached hydrogen (secondary N) is 2. The molecule has 0 saturated carbocycles. The van der Waals surface area contributed by atoms with Crippen LogP contribution < -0.4 is 10.9 Å². The number of hydrogen-bond donors (Lipinski definition) is 5. The van der Waals surface area contributed by atoms with E-state index in [0.717, 1.165) is 0 Å². The predicted molar refractivity (Wildman–Crippen MR) is 71.9 cm³/mol. The number of rotatable bonds is 5. The van der Waals surface area contributed by atoms with Crippen LogP contribution in [-0.4, -0.2) is 59.0 Å². The zero-order valence-corrected chi connectivity index (χ0v) is 11.3. The van der Waals surface area contributed by atoms with E-state index in [1.54, 1.807) is 24.3 Å². The number of carbonyl (C=O) groups is 1. The first kappa shape index (κ1) is 15.7. The van der Waals surface area contributed by atoms with Crippen molar-refractivity contribution in [1.82, 2.24) is 5.43 Å². The molecular weight excluding hydrogens is 280 g/mol. The highest BCUT2D eigenvalue weighted by Crippen LogP contribution is 2.24. The van der Waals surface area contributed by atoms with Gasteiger partial charge in [-0.1, -0.05) is 18.2 Å². The number of hydrogen-bond acceptors (Lipinski definition) is 7. The minimum Gasteiger partial charge on any atom is -0.387 e. The van der Waals surface area contributed by atoms with E-state index in [4.69, 9.17) is 9.47 Å². The van der Waals surface area contributed by atoms with Gasteiger partial charge in [0.25, 0.3) is 5.91 Å². The zero-order chi connectivity index (χ0) is 15.4. The number of aliphatic hydroxyl groups is 3. The summed E-state index contributed by atoms with van der Waals surface area (Å²) in [5, 5.41) is 29.2. The number of aliphatic hydroxyl groups excluding tert-OH is 3. The van der Waals surface area contributed by atoms with E-state index >= 15 is 0 Å². The van der Waals surface area contributed by atoms with Crippen molar-refractivity contribution in [2.24, 2.45) is 0 Å². The molecular formula is C13H18N2O6. The maximum absolute atomic E-state index is 11.8. The third-order valence-electron chi connectivity index (χ3n) is 3.17. The van der Waals surface area contributed by atoms with Gasteiger partial charge >= 0.3 is 0 Å². The van der Waals surface area contributed by atoms with Crippen LogP contribution in [-0.2, 0) is 14.3 Å². The van der Waals surface area contributed by atoms with Crippen molar-refractivity contribution < 1.29 is 29.6 Å². The van der Waals surface area contributed by atoms with Crippen molar-refractivity contribution in [3.8, 4) is 0 Å². The molecule has 1 fully saturated rings. The summed E-state index contributed by atoms with van der Waals surface area (Å²) < 4.78 is 9.90. The van der Waals surface area contributed by atoms with Crippen LogP contribution >= 0.6 is 0 Å². The molecule has 1 aromatic rings. The molecule has 0 radical (unpaired) electrons. The second-order valence-electron chi connectivity index (χ2n) is 4.61. The average Bonchev–Trinajstić information content (AvgIpc) is 2.80. The molecule has 4 unspecified atom stereocenters. The predicted octanol–water partition coefficient (Wildman–Crippen LogP) is -1.42. The molecule has 1 heterocycles. The smallest absolute Gasteiger partial charge is 0.269 e. The van der Waals surface area contributed by atoms with E-state index in [-0.39, 0.29) is 0 Å². The molecule has 0 spiro atoms. The first-order valence-corrected chi connectivity index (χ1v) is 6.38. The maximum Gasteiger partial charge on any atom is 0.269 e. The second kappa shape index (κ2) is 6.83. The Morgan fingerprint density at radius 2 is 1.95 bits per heavy atom. The first-order valence-electron chi connectivity index (χ1n) is 6.38. The summed E-state index contributed by atoms with van der Waals surface area (Å²) in [5.41, 5.74) is 5.53. The summed E-state index contributed by atoms with van der Waals surface area (Å²) in [6.45, 7) is 0. The Hall–Kier alpha value is -1.71. The number of hydrazine groups is 1. The third kappa shape index (κ3) is 3.49. The van der Waals surface area contributed by atoms with Gasteiger partial charge in [0.2, 0.25) is 0 Å². The van der Waals surface area contributed by atoms with E-state index in [2.05, 4.69) is 10.9 Å². The Bertz CT molecular complexity index is 471. The van der Waals surface area contributed by atoms with Gasteiger partial charge in [-0.3, -0.25) is 15.6 Å². The normalized spacial score (nSPS) is 29.9. The molecule has 1 saturated heterocycles. The Labute approximate surface area is 121 Å². The van der Waals surface area contributed by atoms with Crippen molar-refractivity contribution in [3.05, 3.63) is 30.3 Å². The molecule has 116 valence electrons. The number of anilines is 1. The van der Waals surface area contributed by atoms with Crippen molar-refractivity contribution in [1.29, 1.82) is 0 Å². The highest BCUT2D eigenvalue weighted by atomic mass is 16.7. The van der Waals surface area contributed by atoms with Gasteiger partial charge in [-0.05, 0) is 12.1 Å². The van der Waals surface area contributed by atoms with Crippen molar-refractivity contribution >= 4 is 11.6 Å². The third-order valence-corrected chi connectivity index (χ3v) is 3.17. The lowest BCUT2D eigenvalue weighted by Gasteiger charge is -2.20. The fourth-order valence-electron chi connectivity index (χ4n) is 2.01. The van der Waals surface area contributed by atoms with Crippen LogP contribution in [0.4, 0.5) is 5.69 Å². The number of benzene rings is 1. The van der Waals surface area contributed by atoms with Gasteiger partial charge in [0, 0.05) is 7.11 Å². The van der Waals surface area contributed by atoms with Gasteiger partial charge in [0.1, 0.15) is 18.3 Å². The molecule has 1 aromatic carbocycles. The summed E-state index contributed by atoms with van der Waals surface area (Å²) in [5.74, 6) is -0.799. The van der Waals surface area contributed by atoms with Gasteiger partial charge in [-0.15, -0.1) is 0 Å². The monoisotopic (exact) mass is 298 g/mol. The minimum absolute atomic E-state index is 0.626. The summed E-state index contributed by atoms with van der Waals surface area (Å²) in [6.07, 6.45) is -6.78. The number of methoxy groups -OCH3 is 1. The van der Waals surface area contributed by atoms with E-state index < -0.39 is 36.6 Å². The number of ether oxygens (including phenoxy) is 2. The molecule has 0 aliphatic carbocycles. The first-order chi connectivity index (χ1) is 10.0. The molecule has 0 aromatic heterocycles. The van der Waals surface area contributed by atoms with Gasteiger partial charge < -0.3 is 24.8 Å². The van der Waals surface area contributed by atoms with Gasteiger partial charge in [-0.25, -0.2) is 0 Å². The highest BCUT2D eigenvalue weighted by Gasteiger charge is 2.48. The standard InChI is InChI=1S/C13H18N2O6/c1-20-13-9(17)8(16)11(21-13)10(18)12(19)15-14-7-5-3-2-4-6-7/h2-6,8-11,13-14,16-18H,1H3,(H,15,19)/t8?,9?,10-,11?,13?/m0/s1. The lowest BCUT2D eigenvalue weighted by molar-refractivity contribution is -0.169. The van der Waals surface area contributed by atoms with Gasteiger partial charge in [0.15, 0.2) is 12.4 Å². The SMILES string of the molecule is COC1OC([C@H](O)C(=O)NNc2ccccc2)C(O)C1O. The van der Waals surface area contributed by atoms with E-state index in [1.165, 1.54) is 7.11 Å². The van der Waals surface area contributed by atoms with Crippen LogP contribution in [0.5, 0.6) is 0 Å². The highest BCUT2D eigenvalue weighted by molar-refractivity contribution is 5.82. The van der Waals surface area contributed by atoms with E-state index in [0.29, 0.717) is 5.69 Å². The molecule has 5 N–H and O–H groups in total. The lowest BCUT2D eigenvalue weighted by Crippen LogP contribution is -2.48. The number of para-hydroxylation sites is 1. The van der Waals surface area contributed by atoms with Gasteiger partial charge in [-0.2, -0.15) is 0 Å².